The lowest BCUT2D eigenvalue weighted by Gasteiger charge is -2.20. The van der Waals surface area contributed by atoms with Crippen LogP contribution in [0.1, 0.15) is 43.0 Å². The first kappa shape index (κ1) is 17.7. The summed E-state index contributed by atoms with van der Waals surface area (Å²) in [6, 6.07) is 18.1. The summed E-state index contributed by atoms with van der Waals surface area (Å²) in [6.07, 6.45) is 2.00. The molecular weight excluding hydrogens is 326 g/mol. The fourth-order valence-electron chi connectivity index (χ4n) is 4.01. The molecule has 0 aliphatic carbocycles. The predicted octanol–water partition coefficient (Wildman–Crippen LogP) is 7.28. The number of aryl methyl sites for hydroxylation is 3. The van der Waals surface area contributed by atoms with Gasteiger partial charge in [-0.25, -0.2) is 0 Å². The topological polar surface area (TPSA) is 12.9 Å². The Morgan fingerprint density at radius 3 is 2.07 bits per heavy atom. The lowest BCUT2D eigenvalue weighted by atomic mass is 9.85. The highest BCUT2D eigenvalue weighted by atomic mass is 14.7. The second kappa shape index (κ2) is 6.20. The van der Waals surface area contributed by atoms with Gasteiger partial charge in [-0.1, -0.05) is 68.3 Å². The van der Waals surface area contributed by atoms with Crippen LogP contribution in [0, 0.1) is 20.8 Å². The normalized spacial score (nSPS) is 12.1. The van der Waals surface area contributed by atoms with E-state index >= 15 is 0 Å². The largest absolute Gasteiger partial charge is 0.255 e. The molecule has 0 radical (unpaired) electrons. The summed E-state index contributed by atoms with van der Waals surface area (Å²) in [4.78, 5) is 4.88. The van der Waals surface area contributed by atoms with E-state index in [2.05, 4.69) is 90.1 Å². The molecule has 0 spiro atoms. The summed E-state index contributed by atoms with van der Waals surface area (Å²) in [5.74, 6) is 0. The van der Waals surface area contributed by atoms with Crippen LogP contribution in [0.2, 0.25) is 0 Å². The Hall–Kier alpha value is -2.67. The molecular formula is C26H27N. The Labute approximate surface area is 162 Å². The van der Waals surface area contributed by atoms with Crippen LogP contribution in [0.3, 0.4) is 0 Å². The van der Waals surface area contributed by atoms with Gasteiger partial charge >= 0.3 is 0 Å². The number of nitrogens with zero attached hydrogens (tertiary/aromatic N) is 1. The molecule has 4 aromatic rings. The molecule has 27 heavy (non-hydrogen) atoms. The lowest BCUT2D eigenvalue weighted by Crippen LogP contribution is -2.10. The number of aromatic nitrogens is 1. The molecule has 3 aromatic carbocycles. The van der Waals surface area contributed by atoms with Crippen molar-refractivity contribution in [2.45, 2.75) is 47.0 Å². The smallest absolute Gasteiger partial charge is 0.0786 e. The van der Waals surface area contributed by atoms with Crippen molar-refractivity contribution < 1.29 is 0 Å². The maximum absolute atomic E-state index is 4.88. The summed E-state index contributed by atoms with van der Waals surface area (Å²) in [5.41, 5.74) is 7.56. The van der Waals surface area contributed by atoms with Crippen LogP contribution in [-0.4, -0.2) is 4.98 Å². The predicted molar refractivity (Wildman–Crippen MR) is 118 cm³/mol. The number of hydrogen-bond acceptors (Lipinski definition) is 1. The summed E-state index contributed by atoms with van der Waals surface area (Å²) >= 11 is 0. The Kier molecular flexibility index (Phi) is 4.07. The van der Waals surface area contributed by atoms with Crippen molar-refractivity contribution in [3.8, 4) is 11.3 Å². The van der Waals surface area contributed by atoms with Gasteiger partial charge in [-0.15, -0.1) is 0 Å². The van der Waals surface area contributed by atoms with E-state index in [-0.39, 0.29) is 5.41 Å². The van der Waals surface area contributed by atoms with Gasteiger partial charge in [-0.05, 0) is 65.6 Å². The van der Waals surface area contributed by atoms with E-state index in [0.29, 0.717) is 0 Å². The molecule has 0 aliphatic rings. The molecule has 136 valence electrons. The first-order valence-electron chi connectivity index (χ1n) is 9.65. The Bertz CT molecular complexity index is 1160. The van der Waals surface area contributed by atoms with Gasteiger partial charge in [-0.3, -0.25) is 4.98 Å². The van der Waals surface area contributed by atoms with Crippen molar-refractivity contribution >= 4 is 21.5 Å². The van der Waals surface area contributed by atoms with Gasteiger partial charge in [-0.2, -0.15) is 0 Å². The average Bonchev–Trinajstić information content (AvgIpc) is 2.59. The van der Waals surface area contributed by atoms with E-state index in [0.717, 1.165) is 5.69 Å². The highest BCUT2D eigenvalue weighted by molar-refractivity contribution is 6.14. The van der Waals surface area contributed by atoms with E-state index in [1.54, 1.807) is 0 Å². The fraction of sp³-hybridized carbons (Fsp3) is 0.269. The van der Waals surface area contributed by atoms with Gasteiger partial charge in [0.15, 0.2) is 0 Å². The molecule has 0 atom stereocenters. The van der Waals surface area contributed by atoms with Gasteiger partial charge in [0.2, 0.25) is 0 Å². The van der Waals surface area contributed by atoms with Crippen LogP contribution >= 0.6 is 0 Å². The first-order chi connectivity index (χ1) is 12.7. The molecule has 1 aromatic heterocycles. The van der Waals surface area contributed by atoms with Crippen LogP contribution in [0.4, 0.5) is 0 Å². The van der Waals surface area contributed by atoms with E-state index in [1.165, 1.54) is 49.4 Å². The van der Waals surface area contributed by atoms with Gasteiger partial charge in [0.05, 0.1) is 5.69 Å². The van der Waals surface area contributed by atoms with Crippen molar-refractivity contribution in [1.82, 2.24) is 4.98 Å². The molecule has 0 amide bonds. The lowest BCUT2D eigenvalue weighted by molar-refractivity contribution is 0.591. The van der Waals surface area contributed by atoms with Gasteiger partial charge < -0.3 is 0 Å². The summed E-state index contributed by atoms with van der Waals surface area (Å²) in [5, 5.41) is 5.12. The third-order valence-electron chi connectivity index (χ3n) is 5.43. The molecule has 1 heterocycles. The van der Waals surface area contributed by atoms with Crippen molar-refractivity contribution in [2.24, 2.45) is 0 Å². The highest BCUT2D eigenvalue weighted by Gasteiger charge is 2.16. The van der Waals surface area contributed by atoms with E-state index in [4.69, 9.17) is 4.98 Å². The fourth-order valence-corrected chi connectivity index (χ4v) is 4.01. The van der Waals surface area contributed by atoms with Gasteiger partial charge in [0.1, 0.15) is 0 Å². The third kappa shape index (κ3) is 3.12. The van der Waals surface area contributed by atoms with Crippen molar-refractivity contribution in [2.75, 3.05) is 0 Å². The third-order valence-corrected chi connectivity index (χ3v) is 5.43. The number of hydrogen-bond donors (Lipinski definition) is 0. The molecule has 0 unspecified atom stereocenters. The van der Waals surface area contributed by atoms with Crippen molar-refractivity contribution in [1.29, 1.82) is 0 Å². The van der Waals surface area contributed by atoms with Crippen molar-refractivity contribution in [3.63, 3.8) is 0 Å². The van der Waals surface area contributed by atoms with E-state index in [9.17, 15) is 0 Å². The van der Waals surface area contributed by atoms with Crippen molar-refractivity contribution in [3.05, 3.63) is 77.0 Å². The first-order valence-corrected chi connectivity index (χ1v) is 9.65. The second-order valence-electron chi connectivity index (χ2n) is 8.84. The molecule has 1 heteroatoms. The molecule has 0 saturated heterocycles. The number of rotatable bonds is 1. The minimum atomic E-state index is 0.143. The van der Waals surface area contributed by atoms with Crippen LogP contribution in [0.5, 0.6) is 0 Å². The number of benzene rings is 3. The zero-order valence-electron chi connectivity index (χ0n) is 17.1. The maximum Gasteiger partial charge on any atom is 0.0786 e. The molecule has 1 nitrogen and oxygen atoms in total. The van der Waals surface area contributed by atoms with Gasteiger partial charge in [0.25, 0.3) is 0 Å². The Morgan fingerprint density at radius 1 is 0.741 bits per heavy atom. The van der Waals surface area contributed by atoms with Crippen LogP contribution in [-0.2, 0) is 5.41 Å². The van der Waals surface area contributed by atoms with E-state index < -0.39 is 0 Å². The van der Waals surface area contributed by atoms with Crippen LogP contribution < -0.4 is 0 Å². The molecule has 0 aliphatic heterocycles. The molecule has 0 N–H and O–H groups in total. The van der Waals surface area contributed by atoms with Gasteiger partial charge in [0, 0.05) is 17.1 Å². The molecule has 0 saturated carbocycles. The summed E-state index contributed by atoms with van der Waals surface area (Å²) in [7, 11) is 0. The average molecular weight is 354 g/mol. The zero-order chi connectivity index (χ0) is 19.3. The Balaban J connectivity index is 2.10. The quantitative estimate of drug-likeness (QED) is 0.328. The second-order valence-corrected chi connectivity index (χ2v) is 8.84. The SMILES string of the molecule is Cc1cc(C)cc(-c2ncc(C)c3ccc4cc(C(C)(C)C)ccc4c23)c1. The Morgan fingerprint density at radius 2 is 1.41 bits per heavy atom. The highest BCUT2D eigenvalue weighted by Crippen LogP contribution is 2.36. The summed E-state index contributed by atoms with van der Waals surface area (Å²) in [6.45, 7) is 13.3. The monoisotopic (exact) mass is 353 g/mol. The minimum Gasteiger partial charge on any atom is -0.255 e. The molecule has 4 rings (SSSR count). The van der Waals surface area contributed by atoms with E-state index in [1.807, 2.05) is 6.20 Å². The summed E-state index contributed by atoms with van der Waals surface area (Å²) < 4.78 is 0. The van der Waals surface area contributed by atoms with Crippen LogP contribution in [0.15, 0.2) is 54.7 Å². The number of pyridine rings is 1. The molecule has 0 bridgehead atoms. The number of fused-ring (bicyclic) bond motifs is 3. The molecule has 0 fully saturated rings. The maximum atomic E-state index is 4.88. The zero-order valence-corrected chi connectivity index (χ0v) is 17.1. The minimum absolute atomic E-state index is 0.143. The standard InChI is InChI=1S/C26H27N/c1-16-11-17(2)13-20(12-16)25-24-22(18(3)15-27-25)9-7-19-14-21(26(4,5)6)8-10-23(19)24/h7-15H,1-6H3. The van der Waals surface area contributed by atoms with Crippen LogP contribution in [0.25, 0.3) is 32.8 Å².